The maximum absolute atomic E-state index is 13.8. The molecule has 32 heavy (non-hydrogen) atoms. The number of nitrogens with zero attached hydrogens (tertiary/aromatic N) is 1. The van der Waals surface area contributed by atoms with Crippen LogP contribution >= 0.6 is 11.8 Å². The third-order valence-electron chi connectivity index (χ3n) is 7.21. The van der Waals surface area contributed by atoms with Gasteiger partial charge in [-0.3, -0.25) is 14.4 Å². The third kappa shape index (κ3) is 3.37. The zero-order chi connectivity index (χ0) is 23.2. The van der Waals surface area contributed by atoms with E-state index < -0.39 is 28.7 Å². The van der Waals surface area contributed by atoms with E-state index >= 15 is 0 Å². The highest BCUT2D eigenvalue weighted by molar-refractivity contribution is 8.02. The highest BCUT2D eigenvalue weighted by Gasteiger charge is 2.74. The summed E-state index contributed by atoms with van der Waals surface area (Å²) >= 11 is 1.62. The number of aliphatic hydroxyl groups is 1. The summed E-state index contributed by atoms with van der Waals surface area (Å²) < 4.78 is 4.51. The first-order valence-corrected chi connectivity index (χ1v) is 11.9. The molecule has 3 N–H and O–H groups in total. The number of aliphatic hydroxyl groups excluding tert-OH is 1. The molecular weight excluding hydrogens is 430 g/mol. The Hall–Kier alpha value is -2.26. The van der Waals surface area contributed by atoms with Crippen molar-refractivity contribution in [3.05, 3.63) is 24.3 Å². The van der Waals surface area contributed by atoms with Gasteiger partial charge >= 0.3 is 0 Å². The minimum atomic E-state index is -0.758. The Balaban J connectivity index is 1.73. The highest BCUT2D eigenvalue weighted by Crippen LogP contribution is 2.66. The molecular formula is C23H31N3O5S. The van der Waals surface area contributed by atoms with Crippen molar-refractivity contribution in [1.82, 2.24) is 10.2 Å². The second-order valence-corrected chi connectivity index (χ2v) is 10.7. The monoisotopic (exact) mass is 461 g/mol. The van der Waals surface area contributed by atoms with E-state index in [1.165, 1.54) is 0 Å². The molecule has 2 unspecified atom stereocenters. The second kappa shape index (κ2) is 8.59. The maximum atomic E-state index is 13.8. The SMILES string of the molecule is CNC(=O)[C@@H]1[C@@H]2CCC3(S2)C(C(=O)Nc2ccc(OC)cc2)N([C@@H](CO)C(C)C)C(=O)[C@H]13. The zero-order valence-corrected chi connectivity index (χ0v) is 19.6. The second-order valence-electron chi connectivity index (χ2n) is 9.13. The van der Waals surface area contributed by atoms with Gasteiger partial charge in [0.1, 0.15) is 11.8 Å². The molecule has 1 aromatic carbocycles. The molecule has 3 heterocycles. The van der Waals surface area contributed by atoms with Crippen LogP contribution in [-0.2, 0) is 14.4 Å². The van der Waals surface area contributed by atoms with Crippen LogP contribution in [0.1, 0.15) is 26.7 Å². The van der Waals surface area contributed by atoms with Gasteiger partial charge in [0.2, 0.25) is 17.7 Å². The average molecular weight is 462 g/mol. The Morgan fingerprint density at radius 2 is 1.97 bits per heavy atom. The van der Waals surface area contributed by atoms with Gasteiger partial charge in [0, 0.05) is 18.0 Å². The zero-order valence-electron chi connectivity index (χ0n) is 18.8. The predicted molar refractivity (Wildman–Crippen MR) is 122 cm³/mol. The van der Waals surface area contributed by atoms with Gasteiger partial charge in [-0.1, -0.05) is 13.8 Å². The number of thioether (sulfide) groups is 1. The first kappa shape index (κ1) is 22.9. The van der Waals surface area contributed by atoms with E-state index in [4.69, 9.17) is 4.74 Å². The van der Waals surface area contributed by atoms with E-state index in [2.05, 4.69) is 10.6 Å². The van der Waals surface area contributed by atoms with Gasteiger partial charge < -0.3 is 25.4 Å². The summed E-state index contributed by atoms with van der Waals surface area (Å²) in [5, 5.41) is 15.9. The molecule has 1 aromatic rings. The topological polar surface area (TPSA) is 108 Å². The number of likely N-dealkylation sites (tertiary alicyclic amines) is 1. The van der Waals surface area contributed by atoms with Gasteiger partial charge in [-0.15, -0.1) is 11.8 Å². The van der Waals surface area contributed by atoms with Gasteiger partial charge in [0.15, 0.2) is 0 Å². The Labute approximate surface area is 192 Å². The lowest BCUT2D eigenvalue weighted by molar-refractivity contribution is -0.142. The number of nitrogens with one attached hydrogen (secondary N) is 2. The number of hydrogen-bond donors (Lipinski definition) is 3. The molecule has 0 aliphatic carbocycles. The van der Waals surface area contributed by atoms with Crippen LogP contribution in [-0.4, -0.2) is 70.6 Å². The summed E-state index contributed by atoms with van der Waals surface area (Å²) in [6, 6.07) is 5.77. The Morgan fingerprint density at radius 1 is 1.28 bits per heavy atom. The number of rotatable bonds is 7. The molecule has 8 nitrogen and oxygen atoms in total. The highest BCUT2D eigenvalue weighted by atomic mass is 32.2. The molecule has 3 saturated heterocycles. The predicted octanol–water partition coefficient (Wildman–Crippen LogP) is 1.49. The third-order valence-corrected chi connectivity index (χ3v) is 9.16. The van der Waals surface area contributed by atoms with E-state index in [1.807, 2.05) is 13.8 Å². The fourth-order valence-electron chi connectivity index (χ4n) is 5.72. The number of anilines is 1. The minimum absolute atomic E-state index is 0.0222. The smallest absolute Gasteiger partial charge is 0.248 e. The number of carbonyl (C=O) groups is 3. The Morgan fingerprint density at radius 3 is 2.53 bits per heavy atom. The van der Waals surface area contributed by atoms with Gasteiger partial charge in [-0.25, -0.2) is 0 Å². The lowest BCUT2D eigenvalue weighted by Crippen LogP contribution is -2.56. The van der Waals surface area contributed by atoms with Crippen LogP contribution in [0.4, 0.5) is 5.69 Å². The van der Waals surface area contributed by atoms with Crippen LogP contribution in [0, 0.1) is 17.8 Å². The van der Waals surface area contributed by atoms with Gasteiger partial charge in [-0.05, 0) is 43.0 Å². The van der Waals surface area contributed by atoms with Crippen molar-refractivity contribution >= 4 is 35.2 Å². The summed E-state index contributed by atoms with van der Waals surface area (Å²) in [4.78, 5) is 41.8. The van der Waals surface area contributed by atoms with E-state index in [0.29, 0.717) is 17.9 Å². The van der Waals surface area contributed by atoms with Gasteiger partial charge in [-0.2, -0.15) is 0 Å². The molecule has 0 aromatic heterocycles. The van der Waals surface area contributed by atoms with Gasteiger partial charge in [0.25, 0.3) is 0 Å². The standard InChI is InChI=1S/C23H31N3O5S/c1-12(2)15(11-27)26-19(21(29)25-13-5-7-14(31-4)8-6-13)23-10-9-16(32-23)17(20(28)24-3)18(23)22(26)30/h5-8,12,15-19,27H,9-11H2,1-4H3,(H,24,28)(H,25,29)/t15-,16-,17+,18-,19?,23?/m0/s1. The molecule has 2 bridgehead atoms. The largest absolute Gasteiger partial charge is 0.497 e. The number of methoxy groups -OCH3 is 1. The molecule has 4 rings (SSSR count). The Kier molecular flexibility index (Phi) is 6.15. The van der Waals surface area contributed by atoms with E-state index in [1.54, 1.807) is 55.1 Å². The fourth-order valence-corrected chi connectivity index (χ4v) is 7.93. The van der Waals surface area contributed by atoms with Crippen molar-refractivity contribution < 1.29 is 24.2 Å². The molecule has 6 atom stereocenters. The average Bonchev–Trinajstić information content (AvgIpc) is 3.42. The molecule has 3 fully saturated rings. The Bertz CT molecular complexity index is 907. The normalized spacial score (nSPS) is 31.6. The fraction of sp³-hybridized carbons (Fsp3) is 0.609. The number of amides is 3. The lowest BCUT2D eigenvalue weighted by atomic mass is 9.70. The molecule has 174 valence electrons. The molecule has 3 amide bonds. The maximum Gasteiger partial charge on any atom is 0.248 e. The molecule has 0 radical (unpaired) electrons. The van der Waals surface area contributed by atoms with Crippen molar-refractivity contribution in [2.45, 2.75) is 48.8 Å². The summed E-state index contributed by atoms with van der Waals surface area (Å²) in [6.07, 6.45) is 1.48. The van der Waals surface area contributed by atoms with E-state index in [9.17, 15) is 19.5 Å². The summed E-state index contributed by atoms with van der Waals surface area (Å²) in [7, 11) is 3.16. The number of carbonyl (C=O) groups excluding carboxylic acids is 3. The lowest BCUT2D eigenvalue weighted by Gasteiger charge is -2.38. The van der Waals surface area contributed by atoms with Crippen molar-refractivity contribution in [3.8, 4) is 5.75 Å². The van der Waals surface area contributed by atoms with E-state index in [-0.39, 0.29) is 35.5 Å². The molecule has 1 spiro atoms. The van der Waals surface area contributed by atoms with Crippen LogP contribution in [0.25, 0.3) is 0 Å². The minimum Gasteiger partial charge on any atom is -0.497 e. The first-order valence-electron chi connectivity index (χ1n) is 11.1. The van der Waals surface area contributed by atoms with Crippen molar-refractivity contribution in [3.63, 3.8) is 0 Å². The van der Waals surface area contributed by atoms with Gasteiger partial charge in [0.05, 0.1) is 36.3 Å². The summed E-state index contributed by atoms with van der Waals surface area (Å²) in [5.41, 5.74) is 0.605. The molecule has 3 aliphatic rings. The van der Waals surface area contributed by atoms with Crippen molar-refractivity contribution in [2.24, 2.45) is 17.8 Å². The number of hydrogen-bond acceptors (Lipinski definition) is 6. The number of fused-ring (bicyclic) bond motifs is 1. The van der Waals surface area contributed by atoms with Crippen LogP contribution in [0.2, 0.25) is 0 Å². The number of benzene rings is 1. The quantitative estimate of drug-likeness (QED) is 0.568. The molecule has 3 aliphatic heterocycles. The summed E-state index contributed by atoms with van der Waals surface area (Å²) in [5.74, 6) is -1.02. The first-order chi connectivity index (χ1) is 15.3. The van der Waals surface area contributed by atoms with E-state index in [0.717, 1.165) is 6.42 Å². The van der Waals surface area contributed by atoms with Crippen LogP contribution in [0.15, 0.2) is 24.3 Å². The van der Waals surface area contributed by atoms with Crippen molar-refractivity contribution in [1.29, 1.82) is 0 Å². The summed E-state index contributed by atoms with van der Waals surface area (Å²) in [6.45, 7) is 3.62. The van der Waals surface area contributed by atoms with Crippen LogP contribution < -0.4 is 15.4 Å². The molecule has 9 heteroatoms. The van der Waals surface area contributed by atoms with Crippen molar-refractivity contribution in [2.75, 3.05) is 26.1 Å². The van der Waals surface area contributed by atoms with Crippen LogP contribution in [0.3, 0.4) is 0 Å². The van der Waals surface area contributed by atoms with Crippen LogP contribution in [0.5, 0.6) is 5.75 Å². The number of ether oxygens (including phenoxy) is 1. The molecule has 0 saturated carbocycles.